The molecule has 0 atom stereocenters. The van der Waals surface area contributed by atoms with Crippen LogP contribution in [0.5, 0.6) is 0 Å². The molecule has 82 valence electrons. The first-order valence-electron chi connectivity index (χ1n) is 4.45. The van der Waals surface area contributed by atoms with Gasteiger partial charge < -0.3 is 10.1 Å². The Balaban J connectivity index is 2.54. The van der Waals surface area contributed by atoms with Crippen LogP contribution < -0.4 is 0 Å². The minimum atomic E-state index is -0.987. The van der Waals surface area contributed by atoms with Crippen LogP contribution in [0.4, 0.5) is 0 Å². The molecular formula is C11H7BrClNO2. The first kappa shape index (κ1) is 11.2. The Hall–Kier alpha value is -1.26. The largest absolute Gasteiger partial charge is 0.477 e. The second-order valence-corrected chi connectivity index (χ2v) is 4.46. The summed E-state index contributed by atoms with van der Waals surface area (Å²) < 4.78 is 0.783. The number of carbonyl (C=O) groups is 1. The van der Waals surface area contributed by atoms with E-state index >= 15 is 0 Å². The summed E-state index contributed by atoms with van der Waals surface area (Å²) in [7, 11) is 0. The number of aromatic amines is 1. The van der Waals surface area contributed by atoms with Crippen LogP contribution in [-0.2, 0) is 0 Å². The number of rotatable bonds is 2. The standard InChI is InChI=1S/C11H7BrClNO2/c12-8-2-1-6(5-9(8)13)7-3-4-14-10(7)11(15)16/h1-5,14H,(H,15,16). The number of nitrogens with one attached hydrogen (secondary N) is 1. The normalized spacial score (nSPS) is 10.4. The third-order valence-corrected chi connectivity index (χ3v) is 3.42. The molecule has 0 aliphatic rings. The molecule has 0 amide bonds. The number of benzene rings is 1. The molecule has 2 rings (SSSR count). The summed E-state index contributed by atoms with van der Waals surface area (Å²) in [6, 6.07) is 7.03. The van der Waals surface area contributed by atoms with Crippen LogP contribution in [0.15, 0.2) is 34.9 Å². The van der Waals surface area contributed by atoms with Crippen molar-refractivity contribution in [3.63, 3.8) is 0 Å². The van der Waals surface area contributed by atoms with Gasteiger partial charge in [-0.25, -0.2) is 4.79 Å². The molecule has 0 fully saturated rings. The lowest BCUT2D eigenvalue weighted by atomic mass is 10.1. The van der Waals surface area contributed by atoms with Gasteiger partial charge in [0, 0.05) is 16.2 Å². The Morgan fingerprint density at radius 3 is 2.75 bits per heavy atom. The van der Waals surface area contributed by atoms with E-state index in [1.165, 1.54) is 0 Å². The first-order chi connectivity index (χ1) is 7.59. The lowest BCUT2D eigenvalue weighted by Gasteiger charge is -2.02. The van der Waals surface area contributed by atoms with Gasteiger partial charge in [-0.1, -0.05) is 17.7 Å². The van der Waals surface area contributed by atoms with Crippen molar-refractivity contribution in [2.75, 3.05) is 0 Å². The van der Waals surface area contributed by atoms with Crippen molar-refractivity contribution >= 4 is 33.5 Å². The van der Waals surface area contributed by atoms with Crippen molar-refractivity contribution < 1.29 is 9.90 Å². The minimum absolute atomic E-state index is 0.165. The number of carboxylic acids is 1. The number of hydrogen-bond donors (Lipinski definition) is 2. The van der Waals surface area contributed by atoms with E-state index in [0.29, 0.717) is 10.6 Å². The number of H-pyrrole nitrogens is 1. The fourth-order valence-electron chi connectivity index (χ4n) is 1.45. The lowest BCUT2D eigenvalue weighted by molar-refractivity contribution is 0.0692. The Bertz CT molecular complexity index is 551. The molecule has 3 nitrogen and oxygen atoms in total. The molecule has 0 saturated heterocycles. The van der Waals surface area contributed by atoms with E-state index in [9.17, 15) is 4.79 Å². The summed E-state index contributed by atoms with van der Waals surface area (Å²) in [6.07, 6.45) is 1.59. The number of hydrogen-bond acceptors (Lipinski definition) is 1. The van der Waals surface area contributed by atoms with E-state index in [1.807, 2.05) is 6.07 Å². The molecule has 0 aliphatic heterocycles. The van der Waals surface area contributed by atoms with E-state index in [2.05, 4.69) is 20.9 Å². The van der Waals surface area contributed by atoms with Crippen LogP contribution in [0.1, 0.15) is 10.5 Å². The van der Waals surface area contributed by atoms with Crippen LogP contribution in [0.3, 0.4) is 0 Å². The molecule has 1 aromatic carbocycles. The molecule has 0 unspecified atom stereocenters. The maximum atomic E-state index is 10.9. The molecule has 5 heteroatoms. The molecule has 2 aromatic rings. The van der Waals surface area contributed by atoms with E-state index in [4.69, 9.17) is 16.7 Å². The highest BCUT2D eigenvalue weighted by atomic mass is 79.9. The van der Waals surface area contributed by atoms with Gasteiger partial charge in [0.1, 0.15) is 5.69 Å². The molecule has 2 N–H and O–H groups in total. The van der Waals surface area contributed by atoms with Gasteiger partial charge in [0.05, 0.1) is 5.02 Å². The third-order valence-electron chi connectivity index (χ3n) is 2.19. The van der Waals surface area contributed by atoms with Crippen LogP contribution >= 0.6 is 27.5 Å². The Morgan fingerprint density at radius 1 is 1.38 bits per heavy atom. The van der Waals surface area contributed by atoms with E-state index in [0.717, 1.165) is 10.0 Å². The quantitative estimate of drug-likeness (QED) is 0.886. The van der Waals surface area contributed by atoms with Crippen LogP contribution in [-0.4, -0.2) is 16.1 Å². The maximum Gasteiger partial charge on any atom is 0.352 e. The summed E-state index contributed by atoms with van der Waals surface area (Å²) in [5.74, 6) is -0.987. The summed E-state index contributed by atoms with van der Waals surface area (Å²) in [5, 5.41) is 9.52. The van der Waals surface area contributed by atoms with E-state index in [-0.39, 0.29) is 5.69 Å². The predicted molar refractivity (Wildman–Crippen MR) is 65.9 cm³/mol. The third kappa shape index (κ3) is 1.99. The Morgan fingerprint density at radius 2 is 2.12 bits per heavy atom. The second kappa shape index (κ2) is 4.31. The average molecular weight is 301 g/mol. The van der Waals surface area contributed by atoms with Crippen molar-refractivity contribution in [3.05, 3.63) is 45.7 Å². The highest BCUT2D eigenvalue weighted by molar-refractivity contribution is 9.10. The Kier molecular flexibility index (Phi) is 3.03. The molecule has 1 aromatic heterocycles. The van der Waals surface area contributed by atoms with Crippen molar-refractivity contribution in [2.24, 2.45) is 0 Å². The SMILES string of the molecule is O=C(O)c1[nH]ccc1-c1ccc(Br)c(Cl)c1. The summed E-state index contributed by atoms with van der Waals surface area (Å²) in [5.41, 5.74) is 1.56. The zero-order valence-electron chi connectivity index (χ0n) is 8.00. The summed E-state index contributed by atoms with van der Waals surface area (Å²) in [6.45, 7) is 0. The zero-order chi connectivity index (χ0) is 11.7. The molecular weight excluding hydrogens is 293 g/mol. The predicted octanol–water partition coefficient (Wildman–Crippen LogP) is 3.80. The van der Waals surface area contributed by atoms with Gasteiger partial charge >= 0.3 is 5.97 Å². The molecule has 1 heterocycles. The number of halogens is 2. The van der Waals surface area contributed by atoms with E-state index < -0.39 is 5.97 Å². The molecule has 0 radical (unpaired) electrons. The van der Waals surface area contributed by atoms with Gasteiger partial charge in [-0.2, -0.15) is 0 Å². The minimum Gasteiger partial charge on any atom is -0.477 e. The lowest BCUT2D eigenvalue weighted by Crippen LogP contribution is -1.98. The Labute approximate surface area is 105 Å². The van der Waals surface area contributed by atoms with Crippen molar-refractivity contribution in [1.82, 2.24) is 4.98 Å². The van der Waals surface area contributed by atoms with Crippen molar-refractivity contribution in [3.8, 4) is 11.1 Å². The van der Waals surface area contributed by atoms with Crippen LogP contribution in [0.2, 0.25) is 5.02 Å². The molecule has 0 bridgehead atoms. The van der Waals surface area contributed by atoms with E-state index in [1.54, 1.807) is 24.4 Å². The highest BCUT2D eigenvalue weighted by Gasteiger charge is 2.13. The molecule has 16 heavy (non-hydrogen) atoms. The molecule has 0 spiro atoms. The van der Waals surface area contributed by atoms with Gasteiger partial charge in [-0.3, -0.25) is 0 Å². The van der Waals surface area contributed by atoms with Crippen LogP contribution in [0, 0.1) is 0 Å². The fraction of sp³-hybridized carbons (Fsp3) is 0. The monoisotopic (exact) mass is 299 g/mol. The van der Waals surface area contributed by atoms with Gasteiger partial charge in [0.15, 0.2) is 0 Å². The first-order valence-corrected chi connectivity index (χ1v) is 5.63. The van der Waals surface area contributed by atoms with Crippen LogP contribution in [0.25, 0.3) is 11.1 Å². The second-order valence-electron chi connectivity index (χ2n) is 3.20. The number of carboxylic acid groups (broad SMARTS) is 1. The van der Waals surface area contributed by atoms with Crippen molar-refractivity contribution in [2.45, 2.75) is 0 Å². The zero-order valence-corrected chi connectivity index (χ0v) is 10.3. The fourth-order valence-corrected chi connectivity index (χ4v) is 1.88. The van der Waals surface area contributed by atoms with Gasteiger partial charge in [-0.15, -0.1) is 0 Å². The smallest absolute Gasteiger partial charge is 0.352 e. The topological polar surface area (TPSA) is 53.1 Å². The number of aromatic nitrogens is 1. The van der Waals surface area contributed by atoms with Gasteiger partial charge in [-0.05, 0) is 39.7 Å². The summed E-state index contributed by atoms with van der Waals surface area (Å²) in [4.78, 5) is 13.6. The van der Waals surface area contributed by atoms with Crippen molar-refractivity contribution in [1.29, 1.82) is 0 Å². The highest BCUT2D eigenvalue weighted by Crippen LogP contribution is 2.30. The van der Waals surface area contributed by atoms with Gasteiger partial charge in [0.2, 0.25) is 0 Å². The summed E-state index contributed by atoms with van der Waals surface area (Å²) >= 11 is 9.24. The maximum absolute atomic E-state index is 10.9. The molecule has 0 saturated carbocycles. The van der Waals surface area contributed by atoms with Gasteiger partial charge in [0.25, 0.3) is 0 Å². The molecule has 0 aliphatic carbocycles. The average Bonchev–Trinajstić information content (AvgIpc) is 2.71. The number of aromatic carboxylic acids is 1.